The molecular formula is C10H21NO. The summed E-state index contributed by atoms with van der Waals surface area (Å²) < 4.78 is 5.23. The highest BCUT2D eigenvalue weighted by molar-refractivity contribution is 4.95. The van der Waals surface area contributed by atoms with E-state index in [0.717, 1.165) is 6.61 Å². The number of methoxy groups -OCH3 is 1. The van der Waals surface area contributed by atoms with Crippen molar-refractivity contribution in [3.8, 4) is 0 Å². The predicted octanol–water partition coefficient (Wildman–Crippen LogP) is 1.75. The molecule has 0 aromatic heterocycles. The summed E-state index contributed by atoms with van der Waals surface area (Å²) >= 11 is 0. The highest BCUT2D eigenvalue weighted by Gasteiger charge is 2.43. The van der Waals surface area contributed by atoms with Crippen LogP contribution < -0.4 is 0 Å². The van der Waals surface area contributed by atoms with E-state index in [0.29, 0.717) is 5.41 Å². The van der Waals surface area contributed by atoms with Crippen molar-refractivity contribution in [1.82, 2.24) is 4.90 Å². The maximum atomic E-state index is 5.23. The molecule has 1 fully saturated rings. The van der Waals surface area contributed by atoms with Gasteiger partial charge in [0.15, 0.2) is 0 Å². The average molecular weight is 171 g/mol. The van der Waals surface area contributed by atoms with Crippen LogP contribution in [-0.4, -0.2) is 38.3 Å². The van der Waals surface area contributed by atoms with Gasteiger partial charge in [0.2, 0.25) is 0 Å². The Labute approximate surface area is 75.9 Å². The second kappa shape index (κ2) is 4.24. The van der Waals surface area contributed by atoms with Crippen molar-refractivity contribution in [2.75, 3.05) is 33.4 Å². The van der Waals surface area contributed by atoms with Crippen LogP contribution in [-0.2, 0) is 4.74 Å². The van der Waals surface area contributed by atoms with Crippen molar-refractivity contribution in [3.63, 3.8) is 0 Å². The Bertz CT molecular complexity index is 128. The zero-order chi connectivity index (χ0) is 9.03. The lowest BCUT2D eigenvalue weighted by Crippen LogP contribution is -2.32. The number of ether oxygens (including phenoxy) is 1. The molecule has 0 atom stereocenters. The van der Waals surface area contributed by atoms with Gasteiger partial charge < -0.3 is 9.64 Å². The van der Waals surface area contributed by atoms with Gasteiger partial charge in [0.1, 0.15) is 0 Å². The molecule has 72 valence electrons. The molecule has 0 N–H and O–H groups in total. The van der Waals surface area contributed by atoms with Gasteiger partial charge >= 0.3 is 0 Å². The van der Waals surface area contributed by atoms with Crippen molar-refractivity contribution < 1.29 is 4.74 Å². The molecule has 0 spiro atoms. The van der Waals surface area contributed by atoms with Crippen molar-refractivity contribution in [2.45, 2.75) is 26.7 Å². The van der Waals surface area contributed by atoms with Gasteiger partial charge in [-0.2, -0.15) is 0 Å². The van der Waals surface area contributed by atoms with Crippen LogP contribution in [0.2, 0.25) is 0 Å². The molecule has 0 aromatic carbocycles. The number of rotatable bonds is 6. The normalized spacial score (nSPS) is 20.0. The summed E-state index contributed by atoms with van der Waals surface area (Å²) in [4.78, 5) is 2.49. The van der Waals surface area contributed by atoms with Crippen LogP contribution >= 0.6 is 0 Å². The molecule has 0 unspecified atom stereocenters. The largest absolute Gasteiger partial charge is 0.384 e. The Hall–Kier alpha value is -0.0800. The first-order valence-electron chi connectivity index (χ1n) is 4.97. The van der Waals surface area contributed by atoms with E-state index in [9.17, 15) is 0 Å². The molecule has 0 radical (unpaired) electrons. The van der Waals surface area contributed by atoms with Crippen LogP contribution in [0.15, 0.2) is 0 Å². The lowest BCUT2D eigenvalue weighted by atomic mass is 10.1. The summed E-state index contributed by atoms with van der Waals surface area (Å²) in [6.45, 7) is 8.97. The van der Waals surface area contributed by atoms with Crippen molar-refractivity contribution in [1.29, 1.82) is 0 Å². The Morgan fingerprint density at radius 1 is 1.25 bits per heavy atom. The van der Waals surface area contributed by atoms with Gasteiger partial charge in [-0.1, -0.05) is 13.8 Å². The number of hydrogen-bond acceptors (Lipinski definition) is 2. The maximum Gasteiger partial charge on any atom is 0.0530 e. The first kappa shape index (κ1) is 10.0. The fourth-order valence-electron chi connectivity index (χ4n) is 1.75. The zero-order valence-corrected chi connectivity index (χ0v) is 8.60. The third kappa shape index (κ3) is 2.46. The van der Waals surface area contributed by atoms with Gasteiger partial charge in [-0.3, -0.25) is 0 Å². The monoisotopic (exact) mass is 171 g/mol. The molecule has 0 aromatic rings. The first-order chi connectivity index (χ1) is 5.76. The molecule has 2 heteroatoms. The van der Waals surface area contributed by atoms with E-state index in [4.69, 9.17) is 4.74 Å². The highest BCUT2D eigenvalue weighted by Crippen LogP contribution is 2.46. The smallest absolute Gasteiger partial charge is 0.0530 e. The van der Waals surface area contributed by atoms with Crippen LogP contribution in [0.4, 0.5) is 0 Å². The molecule has 0 heterocycles. The maximum absolute atomic E-state index is 5.23. The van der Waals surface area contributed by atoms with Gasteiger partial charge in [0.05, 0.1) is 6.61 Å². The molecule has 2 nitrogen and oxygen atoms in total. The fourth-order valence-corrected chi connectivity index (χ4v) is 1.75. The molecule has 1 saturated carbocycles. The Morgan fingerprint density at radius 2 is 1.83 bits per heavy atom. The highest BCUT2D eigenvalue weighted by atomic mass is 16.5. The SMILES string of the molecule is CCN(CC)CC1(COC)CC1. The summed E-state index contributed by atoms with van der Waals surface area (Å²) in [6, 6.07) is 0. The molecule has 0 bridgehead atoms. The lowest BCUT2D eigenvalue weighted by Gasteiger charge is -2.24. The average Bonchev–Trinajstić information content (AvgIpc) is 2.82. The van der Waals surface area contributed by atoms with Crippen molar-refractivity contribution in [2.24, 2.45) is 5.41 Å². The van der Waals surface area contributed by atoms with Gasteiger partial charge in [-0.05, 0) is 25.9 Å². The molecule has 0 aliphatic heterocycles. The van der Waals surface area contributed by atoms with E-state index in [1.54, 1.807) is 0 Å². The first-order valence-corrected chi connectivity index (χ1v) is 4.97. The van der Waals surface area contributed by atoms with Crippen molar-refractivity contribution >= 4 is 0 Å². The molecule has 12 heavy (non-hydrogen) atoms. The molecule has 1 aliphatic carbocycles. The molecule has 0 saturated heterocycles. The van der Waals surface area contributed by atoms with Gasteiger partial charge in [-0.15, -0.1) is 0 Å². The summed E-state index contributed by atoms with van der Waals surface area (Å²) in [6.07, 6.45) is 2.72. The quantitative estimate of drug-likeness (QED) is 0.603. The van der Waals surface area contributed by atoms with E-state index >= 15 is 0 Å². The minimum Gasteiger partial charge on any atom is -0.384 e. The molecular weight excluding hydrogens is 150 g/mol. The molecule has 0 amide bonds. The van der Waals surface area contributed by atoms with Crippen LogP contribution in [0.5, 0.6) is 0 Å². The second-order valence-electron chi connectivity index (χ2n) is 3.89. The van der Waals surface area contributed by atoms with E-state index in [1.807, 2.05) is 7.11 Å². The summed E-state index contributed by atoms with van der Waals surface area (Å²) in [5.74, 6) is 0. The van der Waals surface area contributed by atoms with Gasteiger partial charge in [0, 0.05) is 19.1 Å². The third-order valence-electron chi connectivity index (χ3n) is 2.86. The van der Waals surface area contributed by atoms with E-state index in [2.05, 4.69) is 18.7 Å². The minimum absolute atomic E-state index is 0.529. The molecule has 1 rings (SSSR count). The predicted molar refractivity (Wildman–Crippen MR) is 51.3 cm³/mol. The van der Waals surface area contributed by atoms with Crippen molar-refractivity contribution in [3.05, 3.63) is 0 Å². The van der Waals surface area contributed by atoms with Gasteiger partial charge in [0.25, 0.3) is 0 Å². The van der Waals surface area contributed by atoms with E-state index in [-0.39, 0.29) is 0 Å². The summed E-state index contributed by atoms with van der Waals surface area (Å²) in [7, 11) is 1.81. The molecule has 1 aliphatic rings. The van der Waals surface area contributed by atoms with Crippen LogP contribution in [0.25, 0.3) is 0 Å². The fraction of sp³-hybridized carbons (Fsp3) is 1.00. The Kier molecular flexibility index (Phi) is 3.53. The van der Waals surface area contributed by atoms with Gasteiger partial charge in [-0.25, -0.2) is 0 Å². The van der Waals surface area contributed by atoms with Crippen LogP contribution in [0.1, 0.15) is 26.7 Å². The second-order valence-corrected chi connectivity index (χ2v) is 3.89. The summed E-state index contributed by atoms with van der Waals surface area (Å²) in [5, 5.41) is 0. The van der Waals surface area contributed by atoms with Crippen LogP contribution in [0, 0.1) is 5.41 Å². The Morgan fingerprint density at radius 3 is 2.17 bits per heavy atom. The standard InChI is InChI=1S/C10H21NO/c1-4-11(5-2)8-10(6-7-10)9-12-3/h4-9H2,1-3H3. The minimum atomic E-state index is 0.529. The topological polar surface area (TPSA) is 12.5 Å². The Balaban J connectivity index is 2.28. The lowest BCUT2D eigenvalue weighted by molar-refractivity contribution is 0.111. The third-order valence-corrected chi connectivity index (χ3v) is 2.86. The van der Waals surface area contributed by atoms with Crippen LogP contribution in [0.3, 0.4) is 0 Å². The number of nitrogens with zero attached hydrogens (tertiary/aromatic N) is 1. The summed E-state index contributed by atoms with van der Waals surface area (Å²) in [5.41, 5.74) is 0.529. The van der Waals surface area contributed by atoms with E-state index < -0.39 is 0 Å². The number of hydrogen-bond donors (Lipinski definition) is 0. The van der Waals surface area contributed by atoms with E-state index in [1.165, 1.54) is 32.5 Å². The zero-order valence-electron chi connectivity index (χ0n) is 8.60.